The van der Waals surface area contributed by atoms with Gasteiger partial charge in [-0.25, -0.2) is 9.78 Å². The van der Waals surface area contributed by atoms with Gasteiger partial charge < -0.3 is 14.4 Å². The summed E-state index contributed by atoms with van der Waals surface area (Å²) < 4.78 is 7.76. The third-order valence-electron chi connectivity index (χ3n) is 4.09. The number of carbonyl (C=O) groups is 1. The Morgan fingerprint density at radius 1 is 1.45 bits per heavy atom. The molecule has 2 heterocycles. The molecule has 0 amide bonds. The van der Waals surface area contributed by atoms with Gasteiger partial charge in [0.1, 0.15) is 18.2 Å². The third kappa shape index (κ3) is 2.69. The number of imidazole rings is 1. The van der Waals surface area contributed by atoms with Crippen molar-refractivity contribution in [3.63, 3.8) is 0 Å². The van der Waals surface area contributed by atoms with E-state index in [-0.39, 0.29) is 0 Å². The van der Waals surface area contributed by atoms with Gasteiger partial charge in [-0.15, -0.1) is 0 Å². The molecular formula is C16H19N3O3. The predicted molar refractivity (Wildman–Crippen MR) is 81.0 cm³/mol. The van der Waals surface area contributed by atoms with Crippen molar-refractivity contribution in [2.45, 2.75) is 20.0 Å². The molecule has 0 fully saturated rings. The Labute approximate surface area is 129 Å². The van der Waals surface area contributed by atoms with Crippen molar-refractivity contribution in [2.24, 2.45) is 7.05 Å². The van der Waals surface area contributed by atoms with Crippen molar-refractivity contribution in [1.29, 1.82) is 0 Å². The minimum absolute atomic E-state index is 0.306. The monoisotopic (exact) mass is 301 g/mol. The fraction of sp³-hybridized carbons (Fsp3) is 0.375. The fourth-order valence-electron chi connectivity index (χ4n) is 2.68. The fourth-order valence-corrected chi connectivity index (χ4v) is 2.68. The van der Waals surface area contributed by atoms with Gasteiger partial charge in [-0.2, -0.15) is 0 Å². The first kappa shape index (κ1) is 14.6. The predicted octanol–water partition coefficient (Wildman–Crippen LogP) is 1.82. The van der Waals surface area contributed by atoms with E-state index in [1.165, 1.54) is 0 Å². The topological polar surface area (TPSA) is 67.6 Å². The molecule has 0 unspecified atom stereocenters. The van der Waals surface area contributed by atoms with Crippen molar-refractivity contribution in [3.8, 4) is 5.75 Å². The lowest BCUT2D eigenvalue weighted by molar-refractivity contribution is 0.0694. The first-order valence-corrected chi connectivity index (χ1v) is 7.24. The first-order valence-electron chi connectivity index (χ1n) is 7.24. The number of aryl methyl sites for hydroxylation is 1. The van der Waals surface area contributed by atoms with Gasteiger partial charge in [0.05, 0.1) is 12.1 Å². The van der Waals surface area contributed by atoms with Crippen LogP contribution in [0.3, 0.4) is 0 Å². The van der Waals surface area contributed by atoms with E-state index in [4.69, 9.17) is 4.74 Å². The third-order valence-corrected chi connectivity index (χ3v) is 4.09. The molecule has 6 heteroatoms. The number of carboxylic acid groups (broad SMARTS) is 1. The van der Waals surface area contributed by atoms with Crippen molar-refractivity contribution in [2.75, 3.05) is 13.2 Å². The molecule has 6 nitrogen and oxygen atoms in total. The highest BCUT2D eigenvalue weighted by Gasteiger charge is 2.22. The van der Waals surface area contributed by atoms with Crippen LogP contribution >= 0.6 is 0 Å². The summed E-state index contributed by atoms with van der Waals surface area (Å²) in [6.07, 6.45) is 1.85. The standard InChI is InChI=1S/C16H19N3O3/c1-11-8-17-15(18(11)2)10-19-6-7-22-14-5-3-4-12(16(20)21)13(14)9-19/h3-5,8H,6-7,9-10H2,1-2H3,(H,20,21). The lowest BCUT2D eigenvalue weighted by Gasteiger charge is -2.19. The number of carboxylic acids is 1. The quantitative estimate of drug-likeness (QED) is 0.936. The Balaban J connectivity index is 1.88. The molecule has 0 radical (unpaired) electrons. The summed E-state index contributed by atoms with van der Waals surface area (Å²) in [6, 6.07) is 5.18. The Morgan fingerprint density at radius 3 is 2.95 bits per heavy atom. The lowest BCUT2D eigenvalue weighted by atomic mass is 10.1. The van der Waals surface area contributed by atoms with E-state index >= 15 is 0 Å². The van der Waals surface area contributed by atoms with Crippen molar-refractivity contribution < 1.29 is 14.6 Å². The number of ether oxygens (including phenoxy) is 1. The normalized spacial score (nSPS) is 15.0. The van der Waals surface area contributed by atoms with Crippen LogP contribution in [0.4, 0.5) is 0 Å². The van der Waals surface area contributed by atoms with Gasteiger partial charge in [-0.05, 0) is 19.1 Å². The minimum atomic E-state index is -0.921. The average Bonchev–Trinajstić information content (AvgIpc) is 2.71. The van der Waals surface area contributed by atoms with E-state index in [2.05, 4.69) is 14.5 Å². The highest BCUT2D eigenvalue weighted by atomic mass is 16.5. The van der Waals surface area contributed by atoms with Crippen LogP contribution in [-0.2, 0) is 20.1 Å². The van der Waals surface area contributed by atoms with Crippen LogP contribution in [0.25, 0.3) is 0 Å². The van der Waals surface area contributed by atoms with E-state index in [0.717, 1.165) is 23.6 Å². The Kier molecular flexibility index (Phi) is 3.85. The highest BCUT2D eigenvalue weighted by molar-refractivity contribution is 5.90. The van der Waals surface area contributed by atoms with Gasteiger partial charge in [0.15, 0.2) is 0 Å². The zero-order valence-corrected chi connectivity index (χ0v) is 12.7. The van der Waals surface area contributed by atoms with E-state index in [0.29, 0.717) is 31.0 Å². The number of nitrogens with zero attached hydrogens (tertiary/aromatic N) is 3. The molecule has 0 atom stereocenters. The Hall–Kier alpha value is -2.34. The summed E-state index contributed by atoms with van der Waals surface area (Å²) in [5.74, 6) is 0.710. The molecule has 0 saturated carbocycles. The molecule has 3 rings (SSSR count). The zero-order valence-electron chi connectivity index (χ0n) is 12.7. The number of aromatic nitrogens is 2. The smallest absolute Gasteiger partial charge is 0.336 e. The van der Waals surface area contributed by atoms with Crippen LogP contribution in [0.15, 0.2) is 24.4 Å². The van der Waals surface area contributed by atoms with Crippen LogP contribution in [-0.4, -0.2) is 38.7 Å². The number of benzene rings is 1. The van der Waals surface area contributed by atoms with Crippen molar-refractivity contribution in [1.82, 2.24) is 14.5 Å². The molecule has 116 valence electrons. The van der Waals surface area contributed by atoms with Gasteiger partial charge in [0.25, 0.3) is 0 Å². The lowest BCUT2D eigenvalue weighted by Crippen LogP contribution is -2.27. The molecule has 1 aromatic carbocycles. The maximum atomic E-state index is 11.4. The van der Waals surface area contributed by atoms with Crippen LogP contribution < -0.4 is 4.74 Å². The molecule has 22 heavy (non-hydrogen) atoms. The molecule has 1 aliphatic heterocycles. The van der Waals surface area contributed by atoms with Crippen LogP contribution in [0.2, 0.25) is 0 Å². The first-order chi connectivity index (χ1) is 10.6. The molecule has 1 N–H and O–H groups in total. The van der Waals surface area contributed by atoms with E-state index in [9.17, 15) is 9.90 Å². The Bertz CT molecular complexity index is 709. The average molecular weight is 301 g/mol. The molecule has 2 aromatic rings. The largest absolute Gasteiger partial charge is 0.492 e. The molecule has 1 aromatic heterocycles. The summed E-state index contributed by atoms with van der Waals surface area (Å²) in [5, 5.41) is 9.37. The van der Waals surface area contributed by atoms with Gasteiger partial charge in [-0.1, -0.05) is 6.07 Å². The SMILES string of the molecule is Cc1cnc(CN2CCOc3cccc(C(=O)O)c3C2)n1C. The summed E-state index contributed by atoms with van der Waals surface area (Å²) in [4.78, 5) is 18.0. The summed E-state index contributed by atoms with van der Waals surface area (Å²) >= 11 is 0. The van der Waals surface area contributed by atoms with E-state index in [1.807, 2.05) is 26.2 Å². The molecule has 0 saturated heterocycles. The van der Waals surface area contributed by atoms with Gasteiger partial charge >= 0.3 is 5.97 Å². The van der Waals surface area contributed by atoms with Gasteiger partial charge in [-0.3, -0.25) is 4.90 Å². The summed E-state index contributed by atoms with van der Waals surface area (Å²) in [7, 11) is 1.99. The minimum Gasteiger partial charge on any atom is -0.492 e. The summed E-state index contributed by atoms with van der Waals surface area (Å²) in [6.45, 7) is 4.50. The van der Waals surface area contributed by atoms with Crippen LogP contribution in [0.1, 0.15) is 27.4 Å². The number of rotatable bonds is 3. The number of fused-ring (bicyclic) bond motifs is 1. The molecule has 0 spiro atoms. The second kappa shape index (κ2) is 5.81. The molecule has 1 aliphatic rings. The van der Waals surface area contributed by atoms with Gasteiger partial charge in [0.2, 0.25) is 0 Å². The zero-order chi connectivity index (χ0) is 15.7. The molecule has 0 bridgehead atoms. The number of aromatic carboxylic acids is 1. The highest BCUT2D eigenvalue weighted by Crippen LogP contribution is 2.27. The summed E-state index contributed by atoms with van der Waals surface area (Å²) in [5.41, 5.74) is 2.14. The van der Waals surface area contributed by atoms with Crippen molar-refractivity contribution in [3.05, 3.63) is 47.0 Å². The number of hydrogen-bond donors (Lipinski definition) is 1. The van der Waals surface area contributed by atoms with E-state index < -0.39 is 5.97 Å². The number of hydrogen-bond acceptors (Lipinski definition) is 4. The molecular weight excluding hydrogens is 282 g/mol. The van der Waals surface area contributed by atoms with E-state index in [1.54, 1.807) is 12.1 Å². The molecule has 0 aliphatic carbocycles. The van der Waals surface area contributed by atoms with Crippen molar-refractivity contribution >= 4 is 5.97 Å². The maximum absolute atomic E-state index is 11.4. The van der Waals surface area contributed by atoms with Crippen LogP contribution in [0, 0.1) is 6.92 Å². The van der Waals surface area contributed by atoms with Crippen LogP contribution in [0.5, 0.6) is 5.75 Å². The second-order valence-electron chi connectivity index (χ2n) is 5.52. The second-order valence-corrected chi connectivity index (χ2v) is 5.52. The Morgan fingerprint density at radius 2 is 2.27 bits per heavy atom. The maximum Gasteiger partial charge on any atom is 0.336 e. The van der Waals surface area contributed by atoms with Gasteiger partial charge in [0, 0.05) is 37.6 Å².